The largest absolute Gasteiger partial charge is 0.485 e. The Balaban J connectivity index is 1.47. The first-order valence-corrected chi connectivity index (χ1v) is 16.3. The molecule has 4 aromatic rings. The zero-order valence-corrected chi connectivity index (χ0v) is 26.7. The molecule has 0 radical (unpaired) electrons. The summed E-state index contributed by atoms with van der Waals surface area (Å²) in [7, 11) is -2.44. The van der Waals surface area contributed by atoms with Crippen molar-refractivity contribution in [2.75, 3.05) is 36.8 Å². The molecule has 0 bridgehead atoms. The minimum atomic E-state index is -4.08. The number of para-hydroxylation sites is 1. The van der Waals surface area contributed by atoms with E-state index in [2.05, 4.69) is 10.0 Å². The molecular weight excluding hydrogens is 616 g/mol. The number of carbonyl (C=O) groups is 2. The monoisotopic (exact) mass is 650 g/mol. The molecule has 236 valence electrons. The van der Waals surface area contributed by atoms with Crippen LogP contribution in [0.2, 0.25) is 5.02 Å². The van der Waals surface area contributed by atoms with Crippen molar-refractivity contribution < 1.29 is 27.9 Å². The van der Waals surface area contributed by atoms with Crippen LogP contribution in [0.25, 0.3) is 10.8 Å². The highest BCUT2D eigenvalue weighted by Crippen LogP contribution is 2.36. The van der Waals surface area contributed by atoms with Crippen molar-refractivity contribution in [2.24, 2.45) is 5.92 Å². The van der Waals surface area contributed by atoms with Crippen LogP contribution in [-0.4, -0.2) is 74.2 Å². The molecule has 0 spiro atoms. The summed E-state index contributed by atoms with van der Waals surface area (Å²) in [4.78, 5) is 30.2. The molecule has 45 heavy (non-hydrogen) atoms. The van der Waals surface area contributed by atoms with Gasteiger partial charge >= 0.3 is 6.03 Å². The summed E-state index contributed by atoms with van der Waals surface area (Å²) in [5, 5.41) is 15.2. The maximum atomic E-state index is 13.8. The average molecular weight is 651 g/mol. The van der Waals surface area contributed by atoms with Crippen molar-refractivity contribution >= 4 is 55.7 Å². The number of urea groups is 1. The van der Waals surface area contributed by atoms with E-state index in [0.29, 0.717) is 10.7 Å². The molecule has 0 unspecified atom stereocenters. The van der Waals surface area contributed by atoms with Gasteiger partial charge in [-0.25, -0.2) is 13.2 Å². The lowest BCUT2D eigenvalue weighted by Crippen LogP contribution is -2.50. The van der Waals surface area contributed by atoms with E-state index in [1.54, 1.807) is 31.0 Å². The Kier molecular flexibility index (Phi) is 9.52. The predicted molar refractivity (Wildman–Crippen MR) is 175 cm³/mol. The van der Waals surface area contributed by atoms with Crippen molar-refractivity contribution in [1.82, 2.24) is 9.80 Å². The summed E-state index contributed by atoms with van der Waals surface area (Å²) in [6, 6.07) is 22.8. The van der Waals surface area contributed by atoms with Crippen molar-refractivity contribution in [1.29, 1.82) is 0 Å². The van der Waals surface area contributed by atoms with Gasteiger partial charge < -0.3 is 25.0 Å². The van der Waals surface area contributed by atoms with Crippen LogP contribution in [0.5, 0.6) is 5.75 Å². The van der Waals surface area contributed by atoms with E-state index >= 15 is 0 Å². The number of carbonyl (C=O) groups excluding carboxylic acids is 2. The van der Waals surface area contributed by atoms with E-state index in [1.807, 2.05) is 49.4 Å². The highest BCUT2D eigenvalue weighted by atomic mass is 35.5. The number of sulfonamides is 1. The SMILES string of the molecule is C[C@H](CO)N1C[C@H](C)[C@H](CN(C)C(=O)Nc2cccc3ccccc23)Oc2c(NS(=O)(=O)c3ccc(Cl)cc3)cccc2C1=O. The van der Waals surface area contributed by atoms with Gasteiger partial charge in [-0.05, 0) is 54.8 Å². The maximum absolute atomic E-state index is 13.8. The Morgan fingerprint density at radius 1 is 1.04 bits per heavy atom. The van der Waals surface area contributed by atoms with Gasteiger partial charge in [0.1, 0.15) is 6.10 Å². The normalized spacial score (nSPS) is 17.4. The fourth-order valence-corrected chi connectivity index (χ4v) is 6.45. The summed E-state index contributed by atoms with van der Waals surface area (Å²) >= 11 is 5.95. The molecule has 0 saturated carbocycles. The molecule has 3 amide bonds. The molecule has 1 heterocycles. The van der Waals surface area contributed by atoms with Crippen molar-refractivity contribution in [3.63, 3.8) is 0 Å². The molecule has 0 saturated heterocycles. The second-order valence-electron chi connectivity index (χ2n) is 11.2. The Hall–Kier alpha value is -4.32. The van der Waals surface area contributed by atoms with Crippen molar-refractivity contribution in [3.8, 4) is 5.75 Å². The first kappa shape index (κ1) is 32.1. The highest BCUT2D eigenvalue weighted by Gasteiger charge is 2.35. The number of halogens is 1. The van der Waals surface area contributed by atoms with Crippen LogP contribution in [0.3, 0.4) is 0 Å². The van der Waals surface area contributed by atoms with E-state index < -0.39 is 28.1 Å². The molecule has 12 heteroatoms. The molecule has 5 rings (SSSR count). The lowest BCUT2D eigenvalue weighted by atomic mass is 9.99. The molecule has 0 aliphatic carbocycles. The number of anilines is 2. The summed E-state index contributed by atoms with van der Waals surface area (Å²) in [6.45, 7) is 3.71. The summed E-state index contributed by atoms with van der Waals surface area (Å²) < 4.78 is 35.7. The van der Waals surface area contributed by atoms with E-state index in [0.717, 1.165) is 10.8 Å². The standard InChI is InChI=1S/C33H35ClN4O6S/c1-21-18-38(22(2)20-39)32(40)27-11-7-13-29(36-45(42,43)25-16-14-24(34)15-17-25)31(27)44-30(21)19-37(3)33(41)35-28-12-6-9-23-8-4-5-10-26(23)28/h4-17,21-22,30,36,39H,18-20H2,1-3H3,(H,35,41)/t21-,22+,30-/m0/s1. The Labute approximate surface area is 267 Å². The van der Waals surface area contributed by atoms with Crippen LogP contribution >= 0.6 is 11.6 Å². The minimum Gasteiger partial charge on any atom is -0.485 e. The smallest absolute Gasteiger partial charge is 0.321 e. The Bertz CT molecular complexity index is 1810. The number of hydrogen-bond acceptors (Lipinski definition) is 6. The number of aliphatic hydroxyl groups excluding tert-OH is 1. The third kappa shape index (κ3) is 7.00. The van der Waals surface area contributed by atoms with Crippen LogP contribution < -0.4 is 14.8 Å². The minimum absolute atomic E-state index is 0.0213. The first-order valence-electron chi connectivity index (χ1n) is 14.5. The van der Waals surface area contributed by atoms with E-state index in [9.17, 15) is 23.1 Å². The number of benzene rings is 4. The molecular formula is C33H35ClN4O6S. The van der Waals surface area contributed by atoms with Crippen LogP contribution in [0.1, 0.15) is 24.2 Å². The molecule has 1 aliphatic rings. The zero-order valence-electron chi connectivity index (χ0n) is 25.1. The van der Waals surface area contributed by atoms with Gasteiger partial charge in [-0.15, -0.1) is 0 Å². The Morgan fingerprint density at radius 3 is 2.44 bits per heavy atom. The topological polar surface area (TPSA) is 128 Å². The molecule has 3 atom stereocenters. The highest BCUT2D eigenvalue weighted by molar-refractivity contribution is 7.92. The first-order chi connectivity index (χ1) is 21.5. The number of rotatable bonds is 8. The second kappa shape index (κ2) is 13.4. The lowest BCUT2D eigenvalue weighted by molar-refractivity contribution is 0.0373. The number of aliphatic hydroxyl groups is 1. The van der Waals surface area contributed by atoms with Gasteiger partial charge in [0, 0.05) is 29.9 Å². The van der Waals surface area contributed by atoms with Gasteiger partial charge in [-0.3, -0.25) is 9.52 Å². The quantitative estimate of drug-likeness (QED) is 0.225. The van der Waals surface area contributed by atoms with Gasteiger partial charge in [0.25, 0.3) is 15.9 Å². The zero-order chi connectivity index (χ0) is 32.3. The van der Waals surface area contributed by atoms with Gasteiger partial charge in [0.15, 0.2) is 5.75 Å². The van der Waals surface area contributed by atoms with Gasteiger partial charge in [0.05, 0.1) is 41.0 Å². The van der Waals surface area contributed by atoms with Crippen LogP contribution in [-0.2, 0) is 10.0 Å². The molecule has 10 nitrogen and oxygen atoms in total. The molecule has 0 fully saturated rings. The lowest BCUT2D eigenvalue weighted by Gasteiger charge is -2.38. The number of likely N-dealkylation sites (N-methyl/N-ethyl adjacent to an activating group) is 1. The summed E-state index contributed by atoms with van der Waals surface area (Å²) in [5.74, 6) is -0.689. The van der Waals surface area contributed by atoms with E-state index in [1.165, 1.54) is 35.2 Å². The van der Waals surface area contributed by atoms with Crippen molar-refractivity contribution in [3.05, 3.63) is 95.5 Å². The fourth-order valence-electron chi connectivity index (χ4n) is 5.26. The van der Waals surface area contributed by atoms with Gasteiger partial charge in [-0.1, -0.05) is 61.0 Å². The third-order valence-corrected chi connectivity index (χ3v) is 9.52. The van der Waals surface area contributed by atoms with Gasteiger partial charge in [-0.2, -0.15) is 0 Å². The molecule has 4 aromatic carbocycles. The van der Waals surface area contributed by atoms with E-state index in [4.69, 9.17) is 16.3 Å². The number of amides is 3. The summed E-state index contributed by atoms with van der Waals surface area (Å²) in [6.07, 6.45) is -0.658. The van der Waals surface area contributed by atoms with Crippen LogP contribution in [0.4, 0.5) is 16.2 Å². The fraction of sp³-hybridized carbons (Fsp3) is 0.273. The number of nitrogens with zero attached hydrogens (tertiary/aromatic N) is 2. The molecule has 1 aliphatic heterocycles. The number of hydrogen-bond donors (Lipinski definition) is 3. The predicted octanol–water partition coefficient (Wildman–Crippen LogP) is 5.68. The molecule has 0 aromatic heterocycles. The second-order valence-corrected chi connectivity index (χ2v) is 13.3. The molecule has 3 N–H and O–H groups in total. The van der Waals surface area contributed by atoms with Gasteiger partial charge in [0.2, 0.25) is 0 Å². The number of nitrogens with one attached hydrogen (secondary N) is 2. The summed E-state index contributed by atoms with van der Waals surface area (Å²) in [5.41, 5.74) is 0.857. The van der Waals surface area contributed by atoms with Crippen LogP contribution in [0.15, 0.2) is 89.8 Å². The van der Waals surface area contributed by atoms with Crippen molar-refractivity contribution in [2.45, 2.75) is 30.9 Å². The Morgan fingerprint density at radius 2 is 1.71 bits per heavy atom. The number of fused-ring (bicyclic) bond motifs is 2. The maximum Gasteiger partial charge on any atom is 0.321 e. The number of ether oxygens (including phenoxy) is 1. The third-order valence-electron chi connectivity index (χ3n) is 7.89. The van der Waals surface area contributed by atoms with Crippen LogP contribution in [0, 0.1) is 5.92 Å². The average Bonchev–Trinajstić information content (AvgIpc) is 3.02. The van der Waals surface area contributed by atoms with E-state index in [-0.39, 0.29) is 53.5 Å².